The zero-order chi connectivity index (χ0) is 15.6. The molecule has 1 aromatic carbocycles. The molecule has 1 rings (SSSR count). The molecule has 8 heteroatoms. The van der Waals surface area contributed by atoms with Crippen LogP contribution in [0.1, 0.15) is 17.2 Å². The van der Waals surface area contributed by atoms with Crippen molar-refractivity contribution in [3.63, 3.8) is 0 Å². The van der Waals surface area contributed by atoms with Crippen LogP contribution in [0.15, 0.2) is 24.3 Å². The quantitative estimate of drug-likeness (QED) is 0.864. The lowest BCUT2D eigenvalue weighted by Gasteiger charge is -2.27. The summed E-state index contributed by atoms with van der Waals surface area (Å²) in [7, 11) is 0. The average Bonchev–Trinajstić information content (AvgIpc) is 2.26. The van der Waals surface area contributed by atoms with Gasteiger partial charge in [-0.25, -0.2) is 0 Å². The minimum absolute atomic E-state index is 0.172. The van der Waals surface area contributed by atoms with Crippen LogP contribution in [0.2, 0.25) is 0 Å². The molecule has 1 aromatic rings. The number of alkyl halides is 6. The Morgan fingerprint density at radius 2 is 1.65 bits per heavy atom. The third-order valence-corrected chi connectivity index (χ3v) is 2.52. The van der Waals surface area contributed by atoms with Gasteiger partial charge in [0.15, 0.2) is 0 Å². The van der Waals surface area contributed by atoms with Crippen molar-refractivity contribution in [2.24, 2.45) is 5.73 Å². The fraction of sp³-hybridized carbons (Fsp3) is 0.500. The van der Waals surface area contributed by atoms with Crippen LogP contribution in [0.25, 0.3) is 0 Å². The molecule has 0 heterocycles. The molecule has 1 atom stereocenters. The maximum Gasteiger partial charge on any atom is 0.423 e. The average molecular weight is 301 g/mol. The maximum atomic E-state index is 12.4. The van der Waals surface area contributed by atoms with Crippen LogP contribution < -0.4 is 5.73 Å². The standard InChI is InChI=1S/C12H13F6NO/c1-7-3-2-4-8(5-7)9(6-19)20-10(11(13,14)15)12(16,17)18/h2-5,9-10H,6,19H2,1H3. The summed E-state index contributed by atoms with van der Waals surface area (Å²) in [5.74, 6) is 0. The van der Waals surface area contributed by atoms with Gasteiger partial charge < -0.3 is 10.5 Å². The van der Waals surface area contributed by atoms with Gasteiger partial charge in [0.05, 0.1) is 6.10 Å². The number of halogens is 6. The van der Waals surface area contributed by atoms with Crippen molar-refractivity contribution in [1.82, 2.24) is 0 Å². The van der Waals surface area contributed by atoms with E-state index in [-0.39, 0.29) is 5.56 Å². The molecule has 0 bridgehead atoms. The van der Waals surface area contributed by atoms with Crippen LogP contribution in [0.5, 0.6) is 0 Å². The molecule has 0 saturated heterocycles. The highest BCUT2D eigenvalue weighted by Gasteiger charge is 2.58. The summed E-state index contributed by atoms with van der Waals surface area (Å²) in [4.78, 5) is 0. The molecule has 0 aliphatic heterocycles. The molecule has 0 radical (unpaired) electrons. The van der Waals surface area contributed by atoms with Gasteiger partial charge in [0.2, 0.25) is 6.10 Å². The van der Waals surface area contributed by atoms with Crippen molar-refractivity contribution >= 4 is 0 Å². The minimum atomic E-state index is -5.55. The maximum absolute atomic E-state index is 12.4. The summed E-state index contributed by atoms with van der Waals surface area (Å²) < 4.78 is 78.7. The molecule has 0 aliphatic carbocycles. The summed E-state index contributed by atoms with van der Waals surface area (Å²) in [6.07, 6.45) is -16.4. The van der Waals surface area contributed by atoms with E-state index in [9.17, 15) is 26.3 Å². The molecule has 20 heavy (non-hydrogen) atoms. The van der Waals surface area contributed by atoms with Gasteiger partial charge in [-0.15, -0.1) is 0 Å². The van der Waals surface area contributed by atoms with Crippen LogP contribution in [0.4, 0.5) is 26.3 Å². The highest BCUT2D eigenvalue weighted by molar-refractivity contribution is 5.24. The van der Waals surface area contributed by atoms with E-state index >= 15 is 0 Å². The molecule has 0 spiro atoms. The first-order valence-corrected chi connectivity index (χ1v) is 5.61. The van der Waals surface area contributed by atoms with Gasteiger partial charge in [-0.2, -0.15) is 26.3 Å². The van der Waals surface area contributed by atoms with Gasteiger partial charge in [0.1, 0.15) is 0 Å². The lowest BCUT2D eigenvalue weighted by molar-refractivity contribution is -0.331. The van der Waals surface area contributed by atoms with Gasteiger partial charge >= 0.3 is 12.4 Å². The Balaban J connectivity index is 3.01. The predicted octanol–water partition coefficient (Wildman–Crippen LogP) is 3.50. The fourth-order valence-corrected chi connectivity index (χ4v) is 1.64. The normalized spacial score (nSPS) is 14.7. The minimum Gasteiger partial charge on any atom is -0.351 e. The van der Waals surface area contributed by atoms with E-state index < -0.39 is 31.1 Å². The first kappa shape index (κ1) is 16.8. The molecule has 1 unspecified atom stereocenters. The Kier molecular flexibility index (Phi) is 5.04. The molecule has 0 fully saturated rings. The smallest absolute Gasteiger partial charge is 0.351 e. The molecule has 0 saturated carbocycles. The number of benzene rings is 1. The SMILES string of the molecule is Cc1cccc(C(CN)OC(C(F)(F)F)C(F)(F)F)c1. The van der Waals surface area contributed by atoms with Crippen LogP contribution in [-0.4, -0.2) is 25.0 Å². The highest BCUT2D eigenvalue weighted by Crippen LogP contribution is 2.38. The largest absolute Gasteiger partial charge is 0.423 e. The van der Waals surface area contributed by atoms with Gasteiger partial charge in [0.25, 0.3) is 0 Å². The van der Waals surface area contributed by atoms with Crippen molar-refractivity contribution in [3.05, 3.63) is 35.4 Å². The summed E-state index contributed by atoms with van der Waals surface area (Å²) in [5.41, 5.74) is 6.08. The summed E-state index contributed by atoms with van der Waals surface area (Å²) in [6.45, 7) is 1.16. The van der Waals surface area contributed by atoms with Crippen molar-refractivity contribution in [2.75, 3.05) is 6.54 Å². The lowest BCUT2D eigenvalue weighted by atomic mass is 10.1. The van der Waals surface area contributed by atoms with Crippen molar-refractivity contribution in [1.29, 1.82) is 0 Å². The fourth-order valence-electron chi connectivity index (χ4n) is 1.64. The van der Waals surface area contributed by atoms with E-state index in [2.05, 4.69) is 4.74 Å². The number of aryl methyl sites for hydroxylation is 1. The van der Waals surface area contributed by atoms with Crippen LogP contribution >= 0.6 is 0 Å². The second-order valence-electron chi connectivity index (χ2n) is 4.24. The van der Waals surface area contributed by atoms with Crippen LogP contribution in [0, 0.1) is 6.92 Å². The van der Waals surface area contributed by atoms with E-state index in [1.54, 1.807) is 13.0 Å². The monoisotopic (exact) mass is 301 g/mol. The Morgan fingerprint density at radius 1 is 1.10 bits per heavy atom. The van der Waals surface area contributed by atoms with E-state index in [1.165, 1.54) is 18.2 Å². The molecular formula is C12H13F6NO. The number of hydrogen-bond acceptors (Lipinski definition) is 2. The number of ether oxygens (including phenoxy) is 1. The molecule has 0 aromatic heterocycles. The summed E-state index contributed by atoms with van der Waals surface area (Å²) >= 11 is 0. The Morgan fingerprint density at radius 3 is 2.05 bits per heavy atom. The van der Waals surface area contributed by atoms with Crippen molar-refractivity contribution < 1.29 is 31.1 Å². The van der Waals surface area contributed by atoms with E-state index in [4.69, 9.17) is 5.73 Å². The Bertz CT molecular complexity index is 428. The van der Waals surface area contributed by atoms with Crippen LogP contribution in [-0.2, 0) is 4.74 Å². The topological polar surface area (TPSA) is 35.2 Å². The Hall–Kier alpha value is -1.28. The molecule has 114 valence electrons. The van der Waals surface area contributed by atoms with Gasteiger partial charge in [-0.05, 0) is 12.5 Å². The van der Waals surface area contributed by atoms with E-state index in [0.29, 0.717) is 5.56 Å². The number of rotatable bonds is 4. The lowest BCUT2D eigenvalue weighted by Crippen LogP contribution is -2.45. The predicted molar refractivity (Wildman–Crippen MR) is 60.0 cm³/mol. The molecule has 0 aliphatic rings. The number of hydrogen-bond donors (Lipinski definition) is 1. The zero-order valence-corrected chi connectivity index (χ0v) is 10.4. The van der Waals surface area contributed by atoms with Gasteiger partial charge in [0, 0.05) is 6.54 Å². The summed E-state index contributed by atoms with van der Waals surface area (Å²) in [5, 5.41) is 0. The second-order valence-corrected chi connectivity index (χ2v) is 4.24. The highest BCUT2D eigenvalue weighted by atomic mass is 19.4. The van der Waals surface area contributed by atoms with E-state index in [1.807, 2.05) is 0 Å². The molecular weight excluding hydrogens is 288 g/mol. The molecule has 2 N–H and O–H groups in total. The third-order valence-electron chi connectivity index (χ3n) is 2.52. The first-order valence-electron chi connectivity index (χ1n) is 5.61. The summed E-state index contributed by atoms with van der Waals surface area (Å²) in [6, 6.07) is 5.96. The second kappa shape index (κ2) is 6.01. The molecule has 2 nitrogen and oxygen atoms in total. The van der Waals surface area contributed by atoms with Crippen LogP contribution in [0.3, 0.4) is 0 Å². The first-order chi connectivity index (χ1) is 9.05. The number of nitrogens with two attached hydrogens (primary N) is 1. The van der Waals surface area contributed by atoms with Crippen molar-refractivity contribution in [2.45, 2.75) is 31.5 Å². The van der Waals surface area contributed by atoms with Crippen molar-refractivity contribution in [3.8, 4) is 0 Å². The van der Waals surface area contributed by atoms with E-state index in [0.717, 1.165) is 0 Å². The van der Waals surface area contributed by atoms with Gasteiger partial charge in [-0.1, -0.05) is 29.8 Å². The third kappa shape index (κ3) is 4.38. The Labute approximate surface area is 111 Å². The molecule has 0 amide bonds. The zero-order valence-electron chi connectivity index (χ0n) is 10.4. The van der Waals surface area contributed by atoms with Gasteiger partial charge in [-0.3, -0.25) is 0 Å².